The minimum absolute atomic E-state index is 0.0266. The molecule has 8 heteroatoms. The summed E-state index contributed by atoms with van der Waals surface area (Å²) in [4.78, 5) is 49.4. The predicted molar refractivity (Wildman–Crippen MR) is 76.1 cm³/mol. The topological polar surface area (TPSA) is 107 Å². The Kier molecular flexibility index (Phi) is 3.93. The number of likely N-dealkylation sites (N-methyl/N-ethyl adjacent to an activating group) is 1. The van der Waals surface area contributed by atoms with E-state index in [1.54, 1.807) is 0 Å². The van der Waals surface area contributed by atoms with Crippen LogP contribution in [0, 0.1) is 0 Å². The molecular formula is C14H13ClN2O5. The van der Waals surface area contributed by atoms with E-state index in [0.717, 1.165) is 12.0 Å². The second-order valence-electron chi connectivity index (χ2n) is 4.90. The number of esters is 1. The highest BCUT2D eigenvalue weighted by Crippen LogP contribution is 2.39. The van der Waals surface area contributed by atoms with Crippen LogP contribution in [-0.4, -0.2) is 42.7 Å². The zero-order valence-corrected chi connectivity index (χ0v) is 12.6. The van der Waals surface area contributed by atoms with Crippen molar-refractivity contribution in [2.24, 2.45) is 5.73 Å². The van der Waals surface area contributed by atoms with Crippen molar-refractivity contribution in [3.05, 3.63) is 34.3 Å². The summed E-state index contributed by atoms with van der Waals surface area (Å²) in [5.74, 6) is -3.33. The smallest absolute Gasteiger partial charge is 0.326 e. The number of rotatable bonds is 3. The summed E-state index contributed by atoms with van der Waals surface area (Å²) >= 11 is 5.92. The van der Waals surface area contributed by atoms with Crippen molar-refractivity contribution in [1.29, 1.82) is 0 Å². The maximum absolute atomic E-state index is 12.6. The molecule has 1 heterocycles. The highest BCUT2D eigenvalue weighted by atomic mass is 35.5. The summed E-state index contributed by atoms with van der Waals surface area (Å²) in [5, 5.41) is 0.210. The standard InChI is InChI=1S/C14H13ClN2O5/c1-17-11(19)8-4-3-7(15)5-9(8)14(12(17)20,6-10(16)18)13(21)22-2/h3-5H,6H2,1-2H3,(H2,16,18). The molecule has 1 aliphatic heterocycles. The van der Waals surface area contributed by atoms with Crippen LogP contribution in [0.2, 0.25) is 5.02 Å². The number of nitrogens with zero attached hydrogens (tertiary/aromatic N) is 1. The number of fused-ring (bicyclic) bond motifs is 1. The third kappa shape index (κ3) is 2.14. The van der Waals surface area contributed by atoms with E-state index < -0.39 is 35.5 Å². The van der Waals surface area contributed by atoms with E-state index in [2.05, 4.69) is 0 Å². The number of methoxy groups -OCH3 is 1. The quantitative estimate of drug-likeness (QED) is 0.487. The average molecular weight is 325 g/mol. The van der Waals surface area contributed by atoms with E-state index in [1.165, 1.54) is 25.2 Å². The van der Waals surface area contributed by atoms with E-state index in [0.29, 0.717) is 0 Å². The molecule has 2 N–H and O–H groups in total. The number of amides is 3. The Morgan fingerprint density at radius 3 is 2.55 bits per heavy atom. The third-order valence-electron chi connectivity index (χ3n) is 3.62. The highest BCUT2D eigenvalue weighted by Gasteiger charge is 2.57. The van der Waals surface area contributed by atoms with Gasteiger partial charge in [0.15, 0.2) is 5.41 Å². The van der Waals surface area contributed by atoms with Gasteiger partial charge >= 0.3 is 5.97 Å². The van der Waals surface area contributed by atoms with Crippen LogP contribution < -0.4 is 5.73 Å². The minimum atomic E-state index is -2.01. The van der Waals surface area contributed by atoms with Crippen LogP contribution in [0.1, 0.15) is 22.3 Å². The molecule has 1 aromatic carbocycles. The number of ether oxygens (including phenoxy) is 1. The van der Waals surface area contributed by atoms with Crippen molar-refractivity contribution in [3.63, 3.8) is 0 Å². The number of hydrogen-bond donors (Lipinski definition) is 1. The lowest BCUT2D eigenvalue weighted by Crippen LogP contribution is -2.58. The SMILES string of the molecule is COC(=O)C1(CC(N)=O)C(=O)N(C)C(=O)c2ccc(Cl)cc21. The van der Waals surface area contributed by atoms with Gasteiger partial charge in [-0.25, -0.2) is 0 Å². The lowest BCUT2D eigenvalue weighted by Gasteiger charge is -2.37. The van der Waals surface area contributed by atoms with Gasteiger partial charge in [-0.2, -0.15) is 0 Å². The van der Waals surface area contributed by atoms with Crippen molar-refractivity contribution >= 4 is 35.3 Å². The molecule has 7 nitrogen and oxygen atoms in total. The van der Waals surface area contributed by atoms with Gasteiger partial charge in [-0.15, -0.1) is 0 Å². The minimum Gasteiger partial charge on any atom is -0.468 e. The first kappa shape index (κ1) is 16.0. The fourth-order valence-electron chi connectivity index (χ4n) is 2.61. The molecule has 0 aliphatic carbocycles. The first-order valence-electron chi connectivity index (χ1n) is 6.25. The van der Waals surface area contributed by atoms with Crippen LogP contribution in [0.4, 0.5) is 0 Å². The van der Waals surface area contributed by atoms with Crippen LogP contribution in [0.25, 0.3) is 0 Å². The summed E-state index contributed by atoms with van der Waals surface area (Å²) in [6, 6.07) is 4.15. The molecule has 1 atom stereocenters. The summed E-state index contributed by atoms with van der Waals surface area (Å²) < 4.78 is 4.70. The van der Waals surface area contributed by atoms with Crippen molar-refractivity contribution in [1.82, 2.24) is 4.90 Å². The zero-order chi connectivity index (χ0) is 16.7. The number of benzene rings is 1. The molecule has 0 saturated heterocycles. The molecule has 1 unspecified atom stereocenters. The summed E-state index contributed by atoms with van der Waals surface area (Å²) in [6.07, 6.45) is -0.622. The molecule has 22 heavy (non-hydrogen) atoms. The van der Waals surface area contributed by atoms with Crippen LogP contribution in [-0.2, 0) is 24.5 Å². The summed E-state index contributed by atoms with van der Waals surface area (Å²) in [6.45, 7) is 0. The fourth-order valence-corrected chi connectivity index (χ4v) is 2.78. The molecule has 1 aliphatic rings. The van der Waals surface area contributed by atoms with Gasteiger partial charge in [0.1, 0.15) is 0 Å². The number of carbonyl (C=O) groups excluding carboxylic acids is 4. The van der Waals surface area contributed by atoms with Gasteiger partial charge in [0.05, 0.1) is 13.5 Å². The molecule has 0 fully saturated rings. The Morgan fingerprint density at radius 1 is 1.36 bits per heavy atom. The monoisotopic (exact) mass is 324 g/mol. The number of halogens is 1. The largest absolute Gasteiger partial charge is 0.468 e. The molecule has 0 spiro atoms. The third-order valence-corrected chi connectivity index (χ3v) is 3.85. The Balaban J connectivity index is 2.85. The van der Waals surface area contributed by atoms with Gasteiger partial charge in [0.25, 0.3) is 11.8 Å². The van der Waals surface area contributed by atoms with E-state index in [1.807, 2.05) is 0 Å². The van der Waals surface area contributed by atoms with Gasteiger partial charge in [-0.1, -0.05) is 11.6 Å². The molecule has 3 amide bonds. The second-order valence-corrected chi connectivity index (χ2v) is 5.34. The molecule has 0 saturated carbocycles. The maximum atomic E-state index is 12.6. The Bertz CT molecular complexity index is 702. The molecular weight excluding hydrogens is 312 g/mol. The van der Waals surface area contributed by atoms with E-state index >= 15 is 0 Å². The summed E-state index contributed by atoms with van der Waals surface area (Å²) in [7, 11) is 2.31. The van der Waals surface area contributed by atoms with Gasteiger partial charge in [-0.05, 0) is 23.8 Å². The van der Waals surface area contributed by atoms with Crippen LogP contribution in [0.15, 0.2) is 18.2 Å². The van der Waals surface area contributed by atoms with Crippen molar-refractivity contribution in [3.8, 4) is 0 Å². The van der Waals surface area contributed by atoms with Crippen LogP contribution in [0.3, 0.4) is 0 Å². The van der Waals surface area contributed by atoms with E-state index in [4.69, 9.17) is 22.1 Å². The predicted octanol–water partition coefficient (Wildman–Crippen LogP) is 0.238. The molecule has 116 valence electrons. The Hall–Kier alpha value is -2.41. The molecule has 0 aromatic heterocycles. The van der Waals surface area contributed by atoms with E-state index in [-0.39, 0.29) is 16.1 Å². The molecule has 0 bridgehead atoms. The van der Waals surface area contributed by atoms with Gasteiger partial charge < -0.3 is 10.5 Å². The normalized spacial score (nSPS) is 20.6. The average Bonchev–Trinajstić information content (AvgIpc) is 2.48. The van der Waals surface area contributed by atoms with E-state index in [9.17, 15) is 19.2 Å². The van der Waals surface area contributed by atoms with Crippen molar-refractivity contribution in [2.75, 3.05) is 14.2 Å². The van der Waals surface area contributed by atoms with Crippen molar-refractivity contribution in [2.45, 2.75) is 11.8 Å². The van der Waals surface area contributed by atoms with Crippen molar-refractivity contribution < 1.29 is 23.9 Å². The number of imide groups is 1. The van der Waals surface area contributed by atoms with Gasteiger partial charge in [-0.3, -0.25) is 24.1 Å². The van der Waals surface area contributed by atoms with Crippen LogP contribution in [0.5, 0.6) is 0 Å². The molecule has 0 radical (unpaired) electrons. The lowest BCUT2D eigenvalue weighted by atomic mass is 9.71. The first-order chi connectivity index (χ1) is 10.3. The van der Waals surface area contributed by atoms with Gasteiger partial charge in [0.2, 0.25) is 5.91 Å². The second kappa shape index (κ2) is 5.42. The fraction of sp³-hybridized carbons (Fsp3) is 0.286. The number of nitrogens with two attached hydrogens (primary N) is 1. The highest BCUT2D eigenvalue weighted by molar-refractivity contribution is 6.31. The van der Waals surface area contributed by atoms with Crippen LogP contribution >= 0.6 is 11.6 Å². The van der Waals surface area contributed by atoms with Gasteiger partial charge in [0, 0.05) is 17.6 Å². The summed E-state index contributed by atoms with van der Waals surface area (Å²) in [5.41, 5.74) is 3.31. The first-order valence-corrected chi connectivity index (χ1v) is 6.62. The lowest BCUT2D eigenvalue weighted by molar-refractivity contribution is -0.157. The number of carbonyl (C=O) groups is 4. The number of primary amides is 1. The zero-order valence-electron chi connectivity index (χ0n) is 11.9. The maximum Gasteiger partial charge on any atom is 0.326 e. The Labute approximate surface area is 131 Å². The molecule has 1 aromatic rings. The molecule has 2 rings (SSSR count). The Morgan fingerprint density at radius 2 is 2.00 bits per heavy atom. The number of hydrogen-bond acceptors (Lipinski definition) is 5.